The van der Waals surface area contributed by atoms with E-state index in [1.165, 1.54) is 0 Å². The van der Waals surface area contributed by atoms with Crippen LogP contribution < -0.4 is 16.0 Å². The molecule has 1 unspecified atom stereocenters. The molecular formula is C22H29N5O2. The minimum Gasteiger partial charge on any atom is -0.347 e. The van der Waals surface area contributed by atoms with Gasteiger partial charge in [0.05, 0.1) is 6.04 Å². The van der Waals surface area contributed by atoms with Gasteiger partial charge in [-0.1, -0.05) is 25.0 Å². The van der Waals surface area contributed by atoms with Gasteiger partial charge in [0, 0.05) is 30.9 Å². The summed E-state index contributed by atoms with van der Waals surface area (Å²) in [5.74, 6) is 0.0483. The number of benzene rings is 1. The normalized spacial score (nSPS) is 19.8. The third-order valence-corrected chi connectivity index (χ3v) is 5.86. The van der Waals surface area contributed by atoms with Gasteiger partial charge >= 0.3 is 0 Å². The SMILES string of the molecule is O=C(NCc1cccc(NC(=O)C2CCCC2)c1)c1ccn(C2CCCNC2)n1. The van der Waals surface area contributed by atoms with Gasteiger partial charge in [-0.15, -0.1) is 0 Å². The Hall–Kier alpha value is -2.67. The summed E-state index contributed by atoms with van der Waals surface area (Å²) in [7, 11) is 0. The van der Waals surface area contributed by atoms with Crippen molar-refractivity contribution in [2.75, 3.05) is 18.4 Å². The lowest BCUT2D eigenvalue weighted by atomic mass is 10.1. The van der Waals surface area contributed by atoms with Gasteiger partial charge in [0.25, 0.3) is 5.91 Å². The van der Waals surface area contributed by atoms with Crippen molar-refractivity contribution in [3.63, 3.8) is 0 Å². The zero-order chi connectivity index (χ0) is 20.1. The first-order chi connectivity index (χ1) is 14.2. The van der Waals surface area contributed by atoms with Gasteiger partial charge in [-0.25, -0.2) is 0 Å². The van der Waals surface area contributed by atoms with E-state index in [1.54, 1.807) is 6.07 Å². The quantitative estimate of drug-likeness (QED) is 0.702. The number of hydrogen-bond donors (Lipinski definition) is 3. The Morgan fingerprint density at radius 3 is 2.79 bits per heavy atom. The van der Waals surface area contributed by atoms with E-state index in [0.29, 0.717) is 18.3 Å². The van der Waals surface area contributed by atoms with Crippen molar-refractivity contribution in [1.82, 2.24) is 20.4 Å². The van der Waals surface area contributed by atoms with E-state index in [1.807, 2.05) is 35.1 Å². The number of rotatable bonds is 6. The number of nitrogens with zero attached hydrogens (tertiary/aromatic N) is 2. The van der Waals surface area contributed by atoms with Gasteiger partial charge < -0.3 is 16.0 Å². The summed E-state index contributed by atoms with van der Waals surface area (Å²) in [4.78, 5) is 24.8. The molecule has 1 aliphatic heterocycles. The third kappa shape index (κ3) is 5.03. The average molecular weight is 396 g/mol. The second-order valence-electron chi connectivity index (χ2n) is 8.03. The van der Waals surface area contributed by atoms with Crippen molar-refractivity contribution in [3.8, 4) is 0 Å². The molecule has 2 amide bonds. The molecule has 0 bridgehead atoms. The average Bonchev–Trinajstić information content (AvgIpc) is 3.45. The van der Waals surface area contributed by atoms with Crippen LogP contribution in [-0.2, 0) is 11.3 Å². The van der Waals surface area contributed by atoms with E-state index >= 15 is 0 Å². The number of piperidine rings is 1. The standard InChI is InChI=1S/C22H29N5O2/c28-21(17-6-1-2-7-17)25-18-8-3-5-16(13-18)14-24-22(29)20-10-12-27(26-20)19-9-4-11-23-15-19/h3,5,8,10,12-13,17,19,23H,1-2,4,6-7,9,11,14-15H2,(H,24,29)(H,25,28). The van der Waals surface area contributed by atoms with Crippen LogP contribution in [0.5, 0.6) is 0 Å². The number of nitrogens with one attached hydrogen (secondary N) is 3. The Morgan fingerprint density at radius 1 is 1.14 bits per heavy atom. The Bertz CT molecular complexity index is 850. The Labute approximate surface area is 171 Å². The molecule has 0 radical (unpaired) electrons. The maximum absolute atomic E-state index is 12.5. The van der Waals surface area contributed by atoms with Crippen LogP contribution in [0.4, 0.5) is 5.69 Å². The highest BCUT2D eigenvalue weighted by molar-refractivity contribution is 5.93. The fourth-order valence-corrected chi connectivity index (χ4v) is 4.19. The summed E-state index contributed by atoms with van der Waals surface area (Å²) >= 11 is 0. The molecule has 29 heavy (non-hydrogen) atoms. The molecular weight excluding hydrogens is 366 g/mol. The lowest BCUT2D eigenvalue weighted by Crippen LogP contribution is -2.32. The highest BCUT2D eigenvalue weighted by Gasteiger charge is 2.22. The van der Waals surface area contributed by atoms with E-state index in [2.05, 4.69) is 21.0 Å². The molecule has 1 aliphatic carbocycles. The van der Waals surface area contributed by atoms with Crippen LogP contribution in [-0.4, -0.2) is 34.7 Å². The van der Waals surface area contributed by atoms with Crippen LogP contribution in [0.3, 0.4) is 0 Å². The van der Waals surface area contributed by atoms with E-state index < -0.39 is 0 Å². The van der Waals surface area contributed by atoms with E-state index in [0.717, 1.165) is 62.9 Å². The molecule has 1 saturated heterocycles. The summed E-state index contributed by atoms with van der Waals surface area (Å²) in [6.07, 6.45) is 8.31. The highest BCUT2D eigenvalue weighted by Crippen LogP contribution is 2.26. The second kappa shape index (κ2) is 9.22. The second-order valence-corrected chi connectivity index (χ2v) is 8.03. The first-order valence-corrected chi connectivity index (χ1v) is 10.6. The van der Waals surface area contributed by atoms with E-state index in [4.69, 9.17) is 0 Å². The fraction of sp³-hybridized carbons (Fsp3) is 0.500. The van der Waals surface area contributed by atoms with Crippen LogP contribution in [0.15, 0.2) is 36.5 Å². The minimum absolute atomic E-state index is 0.103. The van der Waals surface area contributed by atoms with Gasteiger partial charge in [0.2, 0.25) is 5.91 Å². The summed E-state index contributed by atoms with van der Waals surface area (Å²) < 4.78 is 1.89. The molecule has 154 valence electrons. The van der Waals surface area contributed by atoms with Crippen molar-refractivity contribution in [2.24, 2.45) is 5.92 Å². The molecule has 0 spiro atoms. The Balaban J connectivity index is 1.31. The molecule has 2 heterocycles. The molecule has 2 aliphatic rings. The number of carbonyl (C=O) groups excluding carboxylic acids is 2. The first-order valence-electron chi connectivity index (χ1n) is 10.6. The lowest BCUT2D eigenvalue weighted by Gasteiger charge is -2.22. The van der Waals surface area contributed by atoms with Crippen LogP contribution >= 0.6 is 0 Å². The molecule has 1 saturated carbocycles. The van der Waals surface area contributed by atoms with Crippen LogP contribution in [0.1, 0.15) is 60.6 Å². The number of anilines is 1. The van der Waals surface area contributed by atoms with Crippen molar-refractivity contribution in [3.05, 3.63) is 47.8 Å². The predicted octanol–water partition coefficient (Wildman–Crippen LogP) is 2.87. The van der Waals surface area contributed by atoms with E-state index in [9.17, 15) is 9.59 Å². The van der Waals surface area contributed by atoms with E-state index in [-0.39, 0.29) is 17.7 Å². The monoisotopic (exact) mass is 395 g/mol. The molecule has 4 rings (SSSR count). The molecule has 1 aromatic carbocycles. The third-order valence-electron chi connectivity index (χ3n) is 5.86. The van der Waals surface area contributed by atoms with Crippen LogP contribution in [0, 0.1) is 5.92 Å². The number of carbonyl (C=O) groups is 2. The minimum atomic E-state index is -0.187. The smallest absolute Gasteiger partial charge is 0.272 e. The Kier molecular flexibility index (Phi) is 6.24. The highest BCUT2D eigenvalue weighted by atomic mass is 16.2. The van der Waals surface area contributed by atoms with Crippen molar-refractivity contribution < 1.29 is 9.59 Å². The van der Waals surface area contributed by atoms with Crippen molar-refractivity contribution in [2.45, 2.75) is 51.1 Å². The van der Waals surface area contributed by atoms with Gasteiger partial charge in [-0.05, 0) is 56.0 Å². The van der Waals surface area contributed by atoms with Gasteiger partial charge in [-0.3, -0.25) is 14.3 Å². The molecule has 7 heteroatoms. The summed E-state index contributed by atoms with van der Waals surface area (Å²) in [5, 5.41) is 13.8. The fourth-order valence-electron chi connectivity index (χ4n) is 4.19. The number of aromatic nitrogens is 2. The molecule has 3 N–H and O–H groups in total. The number of amides is 2. The largest absolute Gasteiger partial charge is 0.347 e. The topological polar surface area (TPSA) is 88.0 Å². The summed E-state index contributed by atoms with van der Waals surface area (Å²) in [6.45, 7) is 2.33. The van der Waals surface area contributed by atoms with Crippen molar-refractivity contribution >= 4 is 17.5 Å². The maximum atomic E-state index is 12.5. The van der Waals surface area contributed by atoms with Crippen LogP contribution in [0.2, 0.25) is 0 Å². The zero-order valence-corrected chi connectivity index (χ0v) is 16.7. The molecule has 2 fully saturated rings. The molecule has 1 atom stereocenters. The first kappa shape index (κ1) is 19.6. The van der Waals surface area contributed by atoms with Gasteiger partial charge in [0.1, 0.15) is 5.69 Å². The van der Waals surface area contributed by atoms with Crippen molar-refractivity contribution in [1.29, 1.82) is 0 Å². The Morgan fingerprint density at radius 2 is 2.00 bits per heavy atom. The predicted molar refractivity (Wildman–Crippen MR) is 112 cm³/mol. The number of hydrogen-bond acceptors (Lipinski definition) is 4. The summed E-state index contributed by atoms with van der Waals surface area (Å²) in [5.41, 5.74) is 2.16. The lowest BCUT2D eigenvalue weighted by molar-refractivity contribution is -0.119. The van der Waals surface area contributed by atoms with Crippen LogP contribution in [0.25, 0.3) is 0 Å². The maximum Gasteiger partial charge on any atom is 0.272 e. The van der Waals surface area contributed by atoms with Gasteiger partial charge in [-0.2, -0.15) is 5.10 Å². The van der Waals surface area contributed by atoms with Gasteiger partial charge in [0.15, 0.2) is 0 Å². The molecule has 7 nitrogen and oxygen atoms in total. The molecule has 1 aromatic heterocycles. The molecule has 2 aromatic rings. The zero-order valence-electron chi connectivity index (χ0n) is 16.7. The summed E-state index contributed by atoms with van der Waals surface area (Å²) in [6, 6.07) is 9.72.